The van der Waals surface area contributed by atoms with Crippen molar-refractivity contribution in [1.82, 2.24) is 9.80 Å². The SMILES string of the molecule is C[C@@H](C(=O)OCc1ccccc1)N1CCN(C(=O)O)CC1. The number of nitrogens with zero attached hydrogens (tertiary/aromatic N) is 2. The molecule has 0 spiro atoms. The highest BCUT2D eigenvalue weighted by molar-refractivity contribution is 5.75. The first kappa shape index (κ1) is 15.3. The molecule has 1 aliphatic heterocycles. The van der Waals surface area contributed by atoms with Gasteiger partial charge in [0.2, 0.25) is 0 Å². The number of rotatable bonds is 4. The number of amides is 1. The normalized spacial score (nSPS) is 17.3. The number of piperazine rings is 1. The second-order valence-electron chi connectivity index (χ2n) is 5.07. The van der Waals surface area contributed by atoms with Gasteiger partial charge in [0, 0.05) is 26.2 Å². The van der Waals surface area contributed by atoms with Crippen molar-refractivity contribution in [2.24, 2.45) is 0 Å². The quantitative estimate of drug-likeness (QED) is 0.850. The van der Waals surface area contributed by atoms with Crippen LogP contribution in [0.1, 0.15) is 12.5 Å². The third-order valence-corrected chi connectivity index (χ3v) is 3.70. The molecule has 0 saturated carbocycles. The Morgan fingerprint density at radius 1 is 1.19 bits per heavy atom. The van der Waals surface area contributed by atoms with E-state index in [1.54, 1.807) is 6.92 Å². The molecule has 6 nitrogen and oxygen atoms in total. The predicted molar refractivity (Wildman–Crippen MR) is 76.9 cm³/mol. The summed E-state index contributed by atoms with van der Waals surface area (Å²) in [4.78, 5) is 26.2. The average Bonchev–Trinajstić information content (AvgIpc) is 2.53. The molecule has 0 aromatic heterocycles. The van der Waals surface area contributed by atoms with Crippen molar-refractivity contribution in [3.05, 3.63) is 35.9 Å². The molecule has 0 unspecified atom stereocenters. The Balaban J connectivity index is 1.79. The van der Waals surface area contributed by atoms with Gasteiger partial charge in [-0.05, 0) is 12.5 Å². The Morgan fingerprint density at radius 2 is 1.81 bits per heavy atom. The van der Waals surface area contributed by atoms with Gasteiger partial charge < -0.3 is 14.7 Å². The summed E-state index contributed by atoms with van der Waals surface area (Å²) in [6.07, 6.45) is -0.908. The molecule has 1 aromatic carbocycles. The molecule has 1 aliphatic rings. The van der Waals surface area contributed by atoms with Crippen LogP contribution in [0.4, 0.5) is 4.79 Å². The van der Waals surface area contributed by atoms with Gasteiger partial charge in [-0.2, -0.15) is 0 Å². The zero-order valence-corrected chi connectivity index (χ0v) is 12.1. The highest BCUT2D eigenvalue weighted by Gasteiger charge is 2.28. The maximum absolute atomic E-state index is 12.0. The van der Waals surface area contributed by atoms with Crippen molar-refractivity contribution < 1.29 is 19.4 Å². The van der Waals surface area contributed by atoms with Crippen LogP contribution in [0.15, 0.2) is 30.3 Å². The van der Waals surface area contributed by atoms with Crippen LogP contribution in [0.3, 0.4) is 0 Å². The van der Waals surface area contributed by atoms with Crippen molar-refractivity contribution in [2.45, 2.75) is 19.6 Å². The zero-order valence-electron chi connectivity index (χ0n) is 12.1. The van der Waals surface area contributed by atoms with Gasteiger partial charge in [0.05, 0.1) is 0 Å². The number of carbonyl (C=O) groups excluding carboxylic acids is 1. The molecular weight excluding hydrogens is 272 g/mol. The third-order valence-electron chi connectivity index (χ3n) is 3.70. The van der Waals surface area contributed by atoms with Gasteiger partial charge in [0.1, 0.15) is 12.6 Å². The van der Waals surface area contributed by atoms with E-state index in [1.165, 1.54) is 4.90 Å². The Bertz CT molecular complexity index is 484. The Hall–Kier alpha value is -2.08. The topological polar surface area (TPSA) is 70.1 Å². The van der Waals surface area contributed by atoms with Crippen LogP contribution in [-0.4, -0.2) is 59.2 Å². The van der Waals surface area contributed by atoms with E-state index in [0.717, 1.165) is 5.56 Å². The summed E-state index contributed by atoms with van der Waals surface area (Å²) in [6, 6.07) is 9.17. The molecule has 6 heteroatoms. The van der Waals surface area contributed by atoms with Gasteiger partial charge in [0.15, 0.2) is 0 Å². The van der Waals surface area contributed by atoms with E-state index in [0.29, 0.717) is 26.2 Å². The lowest BCUT2D eigenvalue weighted by atomic mass is 10.2. The van der Waals surface area contributed by atoms with Gasteiger partial charge in [-0.25, -0.2) is 4.79 Å². The minimum absolute atomic E-state index is 0.263. The Kier molecular flexibility index (Phi) is 5.16. The third kappa shape index (κ3) is 4.19. The largest absolute Gasteiger partial charge is 0.465 e. The zero-order chi connectivity index (χ0) is 15.2. The van der Waals surface area contributed by atoms with E-state index in [2.05, 4.69) is 0 Å². The number of carboxylic acid groups (broad SMARTS) is 1. The molecule has 1 aromatic rings. The molecule has 1 atom stereocenters. The molecule has 1 amide bonds. The second-order valence-corrected chi connectivity index (χ2v) is 5.07. The Labute approximate surface area is 123 Å². The van der Waals surface area contributed by atoms with Gasteiger partial charge in [-0.15, -0.1) is 0 Å². The molecule has 2 rings (SSSR count). The van der Waals surface area contributed by atoms with Crippen molar-refractivity contribution >= 4 is 12.1 Å². The van der Waals surface area contributed by atoms with Gasteiger partial charge in [0.25, 0.3) is 0 Å². The van der Waals surface area contributed by atoms with Crippen LogP contribution in [0, 0.1) is 0 Å². The molecule has 0 bridgehead atoms. The number of ether oxygens (including phenoxy) is 1. The van der Waals surface area contributed by atoms with E-state index < -0.39 is 6.09 Å². The summed E-state index contributed by atoms with van der Waals surface area (Å²) < 4.78 is 5.31. The van der Waals surface area contributed by atoms with Crippen LogP contribution in [0.5, 0.6) is 0 Å². The fourth-order valence-corrected chi connectivity index (χ4v) is 2.30. The molecule has 21 heavy (non-hydrogen) atoms. The summed E-state index contributed by atoms with van der Waals surface area (Å²) in [6.45, 7) is 4.00. The lowest BCUT2D eigenvalue weighted by molar-refractivity contribution is -0.151. The number of carbonyl (C=O) groups is 2. The summed E-state index contributed by atoms with van der Waals surface area (Å²) in [7, 11) is 0. The van der Waals surface area contributed by atoms with Crippen molar-refractivity contribution in [1.29, 1.82) is 0 Å². The maximum atomic E-state index is 12.0. The lowest BCUT2D eigenvalue weighted by Crippen LogP contribution is -2.53. The molecule has 1 heterocycles. The number of benzene rings is 1. The van der Waals surface area contributed by atoms with Crippen LogP contribution in [0.25, 0.3) is 0 Å². The van der Waals surface area contributed by atoms with Gasteiger partial charge >= 0.3 is 12.1 Å². The average molecular weight is 292 g/mol. The van der Waals surface area contributed by atoms with Crippen molar-refractivity contribution in [3.8, 4) is 0 Å². The monoisotopic (exact) mass is 292 g/mol. The van der Waals surface area contributed by atoms with Crippen LogP contribution in [-0.2, 0) is 16.1 Å². The minimum atomic E-state index is -0.908. The summed E-state index contributed by atoms with van der Waals surface area (Å²) >= 11 is 0. The summed E-state index contributed by atoms with van der Waals surface area (Å²) in [5, 5.41) is 8.90. The van der Waals surface area contributed by atoms with E-state index in [4.69, 9.17) is 9.84 Å². The smallest absolute Gasteiger partial charge is 0.407 e. The van der Waals surface area contributed by atoms with E-state index in [-0.39, 0.29) is 18.6 Å². The minimum Gasteiger partial charge on any atom is -0.465 e. The van der Waals surface area contributed by atoms with E-state index in [9.17, 15) is 9.59 Å². The molecular formula is C15H20N2O4. The molecule has 114 valence electrons. The highest BCUT2D eigenvalue weighted by Crippen LogP contribution is 2.09. The maximum Gasteiger partial charge on any atom is 0.407 e. The van der Waals surface area contributed by atoms with Crippen molar-refractivity contribution in [2.75, 3.05) is 26.2 Å². The van der Waals surface area contributed by atoms with E-state index >= 15 is 0 Å². The summed E-state index contributed by atoms with van der Waals surface area (Å²) in [5.41, 5.74) is 0.953. The van der Waals surface area contributed by atoms with Crippen LogP contribution in [0.2, 0.25) is 0 Å². The van der Waals surface area contributed by atoms with Gasteiger partial charge in [-0.1, -0.05) is 30.3 Å². The Morgan fingerprint density at radius 3 is 2.38 bits per heavy atom. The molecule has 1 saturated heterocycles. The predicted octanol–water partition coefficient (Wildman–Crippen LogP) is 1.41. The van der Waals surface area contributed by atoms with Crippen LogP contribution < -0.4 is 0 Å². The molecule has 0 aliphatic carbocycles. The second kappa shape index (κ2) is 7.08. The fourth-order valence-electron chi connectivity index (χ4n) is 2.30. The van der Waals surface area contributed by atoms with Crippen molar-refractivity contribution in [3.63, 3.8) is 0 Å². The first-order valence-corrected chi connectivity index (χ1v) is 7.00. The number of esters is 1. The molecule has 1 N–H and O–H groups in total. The standard InChI is InChI=1S/C15H20N2O4/c1-12(16-7-9-17(10-8-16)15(19)20)14(18)21-11-13-5-3-2-4-6-13/h2-6,12H,7-11H2,1H3,(H,19,20)/t12-/m0/s1. The number of hydrogen-bond acceptors (Lipinski definition) is 4. The number of hydrogen-bond donors (Lipinski definition) is 1. The fraction of sp³-hybridized carbons (Fsp3) is 0.467. The van der Waals surface area contributed by atoms with Gasteiger partial charge in [-0.3, -0.25) is 9.69 Å². The lowest BCUT2D eigenvalue weighted by Gasteiger charge is -2.35. The van der Waals surface area contributed by atoms with Crippen LogP contribution >= 0.6 is 0 Å². The van der Waals surface area contributed by atoms with E-state index in [1.807, 2.05) is 35.2 Å². The molecule has 0 radical (unpaired) electrons. The molecule has 1 fully saturated rings. The first-order valence-electron chi connectivity index (χ1n) is 7.00. The first-order chi connectivity index (χ1) is 10.1. The summed E-state index contributed by atoms with van der Waals surface area (Å²) in [5.74, 6) is -0.275. The highest BCUT2D eigenvalue weighted by atomic mass is 16.5.